The molecule has 0 saturated heterocycles. The lowest BCUT2D eigenvalue weighted by Crippen LogP contribution is -2.07. The Morgan fingerprint density at radius 3 is 2.11 bits per heavy atom. The Bertz CT molecular complexity index is 507. The number of carbonyl (C=O) groups is 1. The van der Waals surface area contributed by atoms with Crippen molar-refractivity contribution in [1.29, 1.82) is 0 Å². The molecule has 1 rings (SSSR count). The maximum Gasteiger partial charge on any atom is 0.168 e. The zero-order chi connectivity index (χ0) is 14.4. The van der Waals surface area contributed by atoms with Crippen LogP contribution in [0, 0.1) is 12.5 Å². The molecule has 0 bridgehead atoms. The van der Waals surface area contributed by atoms with Gasteiger partial charge in [0, 0.05) is 21.6 Å². The smallest absolute Gasteiger partial charge is 0.168 e. The molecular weight excluding hydrogens is 254 g/mol. The maximum absolute atomic E-state index is 11.9. The summed E-state index contributed by atoms with van der Waals surface area (Å²) in [6, 6.07) is 7.52. The summed E-state index contributed by atoms with van der Waals surface area (Å²) in [5.74, 6) is 0.160. The summed E-state index contributed by atoms with van der Waals surface area (Å²) >= 11 is 1.66. The van der Waals surface area contributed by atoms with E-state index in [2.05, 4.69) is 18.7 Å². The SMILES string of the molecule is [C-]#[N+]/C=C(/SC(C)C)c1ccc(C(=O)C(C)C)cc1. The molecule has 0 fully saturated rings. The Labute approximate surface area is 119 Å². The standard InChI is InChI=1S/C16H19NOS/c1-11(2)16(18)14-8-6-13(7-9-14)15(10-17-5)19-12(3)4/h6-12H,1-4H3/b15-10+. The van der Waals surface area contributed by atoms with Crippen LogP contribution in [0.1, 0.15) is 43.6 Å². The van der Waals surface area contributed by atoms with Crippen LogP contribution < -0.4 is 0 Å². The number of Topliss-reactive ketones (excluding diaryl/α,β-unsaturated/α-hetero) is 1. The van der Waals surface area contributed by atoms with Gasteiger partial charge >= 0.3 is 0 Å². The summed E-state index contributed by atoms with van der Waals surface area (Å²) in [5.41, 5.74) is 1.73. The van der Waals surface area contributed by atoms with Crippen LogP contribution in [0.3, 0.4) is 0 Å². The minimum Gasteiger partial charge on any atom is -0.294 e. The largest absolute Gasteiger partial charge is 0.294 e. The molecule has 0 aliphatic heterocycles. The topological polar surface area (TPSA) is 21.4 Å². The highest BCUT2D eigenvalue weighted by atomic mass is 32.2. The first-order valence-electron chi connectivity index (χ1n) is 6.33. The van der Waals surface area contributed by atoms with Crippen molar-refractivity contribution in [3.8, 4) is 0 Å². The van der Waals surface area contributed by atoms with Gasteiger partial charge in [0.25, 0.3) is 0 Å². The minimum atomic E-state index is 0.00847. The van der Waals surface area contributed by atoms with Crippen molar-refractivity contribution in [2.45, 2.75) is 32.9 Å². The fourth-order valence-electron chi connectivity index (χ4n) is 1.62. The fraction of sp³-hybridized carbons (Fsp3) is 0.375. The molecule has 1 aromatic rings. The monoisotopic (exact) mass is 273 g/mol. The lowest BCUT2D eigenvalue weighted by atomic mass is 10.00. The molecule has 0 radical (unpaired) electrons. The number of thioether (sulfide) groups is 1. The van der Waals surface area contributed by atoms with E-state index in [1.807, 2.05) is 38.1 Å². The summed E-state index contributed by atoms with van der Waals surface area (Å²) in [7, 11) is 0. The van der Waals surface area contributed by atoms with Crippen LogP contribution in [0.2, 0.25) is 0 Å². The molecule has 0 heterocycles. The van der Waals surface area contributed by atoms with Crippen molar-refractivity contribution in [2.75, 3.05) is 0 Å². The maximum atomic E-state index is 11.9. The third-order valence-electron chi connectivity index (χ3n) is 2.52. The number of carbonyl (C=O) groups excluding carboxylic acids is 1. The number of hydrogen-bond donors (Lipinski definition) is 0. The number of benzene rings is 1. The van der Waals surface area contributed by atoms with Gasteiger partial charge in [-0.15, -0.1) is 11.8 Å². The molecule has 1 aromatic carbocycles. The normalized spacial score (nSPS) is 11.7. The van der Waals surface area contributed by atoms with Gasteiger partial charge in [-0.2, -0.15) is 0 Å². The van der Waals surface area contributed by atoms with Crippen molar-refractivity contribution < 1.29 is 4.79 Å². The summed E-state index contributed by atoms with van der Waals surface area (Å²) in [4.78, 5) is 16.2. The first kappa shape index (κ1) is 15.5. The quantitative estimate of drug-likeness (QED) is 0.563. The summed E-state index contributed by atoms with van der Waals surface area (Å²) in [5, 5.41) is 0.421. The molecule has 3 heteroatoms. The van der Waals surface area contributed by atoms with Crippen LogP contribution in [0.25, 0.3) is 9.75 Å². The van der Waals surface area contributed by atoms with Gasteiger partial charge in [-0.25, -0.2) is 4.85 Å². The van der Waals surface area contributed by atoms with E-state index in [-0.39, 0.29) is 11.7 Å². The van der Waals surface area contributed by atoms with E-state index in [0.29, 0.717) is 5.25 Å². The minimum absolute atomic E-state index is 0.00847. The first-order valence-corrected chi connectivity index (χ1v) is 7.21. The Balaban J connectivity index is 3.00. The fourth-order valence-corrected chi connectivity index (χ4v) is 2.51. The van der Waals surface area contributed by atoms with Crippen LogP contribution in [-0.4, -0.2) is 11.0 Å². The molecule has 0 spiro atoms. The van der Waals surface area contributed by atoms with Crippen molar-refractivity contribution >= 4 is 22.5 Å². The third-order valence-corrected chi connectivity index (χ3v) is 3.59. The molecule has 19 heavy (non-hydrogen) atoms. The first-order chi connectivity index (χ1) is 8.95. The van der Waals surface area contributed by atoms with Crippen LogP contribution in [0.5, 0.6) is 0 Å². The van der Waals surface area contributed by atoms with Gasteiger partial charge in [0.15, 0.2) is 12.0 Å². The van der Waals surface area contributed by atoms with Gasteiger partial charge in [0.2, 0.25) is 0 Å². The molecule has 100 valence electrons. The van der Waals surface area contributed by atoms with Crippen molar-refractivity contribution in [3.05, 3.63) is 53.0 Å². The zero-order valence-electron chi connectivity index (χ0n) is 11.8. The van der Waals surface area contributed by atoms with Crippen LogP contribution in [-0.2, 0) is 0 Å². The molecule has 0 atom stereocenters. The molecule has 2 nitrogen and oxygen atoms in total. The lowest BCUT2D eigenvalue weighted by Gasteiger charge is -2.10. The van der Waals surface area contributed by atoms with Gasteiger partial charge in [-0.05, 0) is 5.56 Å². The number of hydrogen-bond acceptors (Lipinski definition) is 2. The number of nitrogens with zero attached hydrogens (tertiary/aromatic N) is 1. The lowest BCUT2D eigenvalue weighted by molar-refractivity contribution is 0.0939. The van der Waals surface area contributed by atoms with Crippen LogP contribution in [0.15, 0.2) is 30.5 Å². The number of rotatable bonds is 5. The van der Waals surface area contributed by atoms with E-state index in [1.165, 1.54) is 0 Å². The van der Waals surface area contributed by atoms with Gasteiger partial charge in [0.05, 0.1) is 6.57 Å². The highest BCUT2D eigenvalue weighted by Gasteiger charge is 2.11. The summed E-state index contributed by atoms with van der Waals surface area (Å²) < 4.78 is 0. The van der Waals surface area contributed by atoms with Gasteiger partial charge < -0.3 is 0 Å². The highest BCUT2D eigenvalue weighted by Crippen LogP contribution is 2.31. The second kappa shape index (κ2) is 7.16. The predicted molar refractivity (Wildman–Crippen MR) is 82.9 cm³/mol. The van der Waals surface area contributed by atoms with E-state index < -0.39 is 0 Å². The van der Waals surface area contributed by atoms with Crippen LogP contribution >= 0.6 is 11.8 Å². The average Bonchev–Trinajstić information content (AvgIpc) is 2.37. The molecule has 0 N–H and O–H groups in total. The van der Waals surface area contributed by atoms with Crippen molar-refractivity contribution in [1.82, 2.24) is 0 Å². The van der Waals surface area contributed by atoms with Crippen molar-refractivity contribution in [3.63, 3.8) is 0 Å². The molecule has 0 amide bonds. The Hall–Kier alpha value is -1.53. The van der Waals surface area contributed by atoms with E-state index in [9.17, 15) is 4.79 Å². The van der Waals surface area contributed by atoms with E-state index in [0.717, 1.165) is 16.0 Å². The zero-order valence-corrected chi connectivity index (χ0v) is 12.6. The third kappa shape index (κ3) is 4.57. The molecule has 0 aliphatic rings. The molecule has 0 unspecified atom stereocenters. The number of ketones is 1. The van der Waals surface area contributed by atoms with E-state index in [1.54, 1.807) is 18.0 Å². The average molecular weight is 273 g/mol. The van der Waals surface area contributed by atoms with E-state index in [4.69, 9.17) is 6.57 Å². The summed E-state index contributed by atoms with van der Waals surface area (Å²) in [6.07, 6.45) is 1.55. The Kier molecular flexibility index (Phi) is 5.85. The van der Waals surface area contributed by atoms with Gasteiger partial charge in [-0.3, -0.25) is 4.79 Å². The second-order valence-corrected chi connectivity index (χ2v) is 6.50. The van der Waals surface area contributed by atoms with Gasteiger partial charge in [0.1, 0.15) is 0 Å². The van der Waals surface area contributed by atoms with E-state index >= 15 is 0 Å². The molecular formula is C16H19NOS. The predicted octanol–water partition coefficient (Wildman–Crippen LogP) is 4.88. The molecule has 0 saturated carbocycles. The Morgan fingerprint density at radius 1 is 1.16 bits per heavy atom. The molecule has 0 aliphatic carbocycles. The van der Waals surface area contributed by atoms with Crippen LogP contribution in [0.4, 0.5) is 0 Å². The molecule has 0 aromatic heterocycles. The Morgan fingerprint density at radius 2 is 1.68 bits per heavy atom. The van der Waals surface area contributed by atoms with Crippen molar-refractivity contribution in [2.24, 2.45) is 5.92 Å². The highest BCUT2D eigenvalue weighted by molar-refractivity contribution is 8.08. The van der Waals surface area contributed by atoms with Gasteiger partial charge in [-0.1, -0.05) is 52.0 Å². The summed E-state index contributed by atoms with van der Waals surface area (Å²) in [6.45, 7) is 15.0. The second-order valence-electron chi connectivity index (χ2n) is 4.89.